The molecule has 0 aliphatic rings. The van der Waals surface area contributed by atoms with Crippen molar-refractivity contribution in [2.45, 2.75) is 6.92 Å². The van der Waals surface area contributed by atoms with Crippen molar-refractivity contribution >= 4 is 5.69 Å². The Labute approximate surface area is 97.4 Å². The Hall–Kier alpha value is -2.37. The molecule has 1 aromatic heterocycles. The minimum Gasteiger partial charge on any atom is -0.490 e. The molecule has 0 unspecified atom stereocenters. The molecule has 17 heavy (non-hydrogen) atoms. The number of benzene rings is 1. The van der Waals surface area contributed by atoms with Crippen molar-refractivity contribution in [1.82, 2.24) is 10.2 Å². The molecule has 0 aliphatic carbocycles. The molecular weight excluding hydrogens is 222 g/mol. The Kier molecular flexibility index (Phi) is 2.78. The highest BCUT2D eigenvalue weighted by molar-refractivity contribution is 5.68. The van der Waals surface area contributed by atoms with Gasteiger partial charge in [0.2, 0.25) is 0 Å². The molecule has 2 rings (SSSR count). The van der Waals surface area contributed by atoms with Gasteiger partial charge in [0.05, 0.1) is 23.9 Å². The van der Waals surface area contributed by atoms with Gasteiger partial charge in [0.15, 0.2) is 5.75 Å². The van der Waals surface area contributed by atoms with Crippen LogP contribution in [0.2, 0.25) is 0 Å². The zero-order valence-corrected chi connectivity index (χ0v) is 9.43. The minimum atomic E-state index is -0.464. The quantitative estimate of drug-likeness (QED) is 0.651. The molecule has 88 valence electrons. The number of nitrogens with one attached hydrogen (secondary N) is 1. The SMILES string of the molecule is COc1ccc(-c2[nH]ncc2C)cc1[N+](=O)[O-]. The lowest BCUT2D eigenvalue weighted by atomic mass is 10.1. The first kappa shape index (κ1) is 11.1. The average molecular weight is 233 g/mol. The number of hydrogen-bond donors (Lipinski definition) is 1. The lowest BCUT2D eigenvalue weighted by Crippen LogP contribution is -1.94. The summed E-state index contributed by atoms with van der Waals surface area (Å²) in [5.74, 6) is 0.246. The lowest BCUT2D eigenvalue weighted by Gasteiger charge is -2.04. The molecule has 6 nitrogen and oxygen atoms in total. The second-order valence-corrected chi connectivity index (χ2v) is 3.57. The molecule has 0 aliphatic heterocycles. The van der Waals surface area contributed by atoms with Crippen LogP contribution in [0.15, 0.2) is 24.4 Å². The van der Waals surface area contributed by atoms with Crippen LogP contribution in [-0.2, 0) is 0 Å². The Morgan fingerprint density at radius 2 is 2.24 bits per heavy atom. The maximum atomic E-state index is 10.9. The first-order valence-corrected chi connectivity index (χ1v) is 4.96. The van der Waals surface area contributed by atoms with Gasteiger partial charge in [-0.15, -0.1) is 0 Å². The van der Waals surface area contributed by atoms with Gasteiger partial charge in [-0.25, -0.2) is 0 Å². The average Bonchev–Trinajstić information content (AvgIpc) is 2.74. The second kappa shape index (κ2) is 4.25. The van der Waals surface area contributed by atoms with Gasteiger partial charge in [0.1, 0.15) is 0 Å². The fourth-order valence-electron chi connectivity index (χ4n) is 1.63. The number of ether oxygens (including phenoxy) is 1. The van der Waals surface area contributed by atoms with E-state index in [1.165, 1.54) is 13.2 Å². The molecule has 0 saturated heterocycles. The highest BCUT2D eigenvalue weighted by atomic mass is 16.6. The summed E-state index contributed by atoms with van der Waals surface area (Å²) in [6, 6.07) is 4.80. The monoisotopic (exact) mass is 233 g/mol. The molecule has 0 saturated carbocycles. The van der Waals surface area contributed by atoms with Crippen LogP contribution >= 0.6 is 0 Å². The van der Waals surface area contributed by atoms with Crippen LogP contribution in [0.3, 0.4) is 0 Å². The lowest BCUT2D eigenvalue weighted by molar-refractivity contribution is -0.385. The van der Waals surface area contributed by atoms with Crippen molar-refractivity contribution in [2.24, 2.45) is 0 Å². The van der Waals surface area contributed by atoms with Crippen LogP contribution in [0.5, 0.6) is 5.75 Å². The first-order valence-electron chi connectivity index (χ1n) is 4.96. The smallest absolute Gasteiger partial charge is 0.311 e. The Morgan fingerprint density at radius 1 is 1.47 bits per heavy atom. The van der Waals surface area contributed by atoms with E-state index < -0.39 is 4.92 Å². The van der Waals surface area contributed by atoms with Gasteiger partial charge in [0.25, 0.3) is 0 Å². The predicted octanol–water partition coefficient (Wildman–Crippen LogP) is 2.30. The summed E-state index contributed by atoms with van der Waals surface area (Å²) in [4.78, 5) is 10.4. The number of nitro groups is 1. The maximum absolute atomic E-state index is 10.9. The predicted molar refractivity (Wildman–Crippen MR) is 62.0 cm³/mol. The van der Waals surface area contributed by atoms with Gasteiger partial charge >= 0.3 is 5.69 Å². The number of rotatable bonds is 3. The Balaban J connectivity index is 2.55. The Morgan fingerprint density at radius 3 is 2.76 bits per heavy atom. The molecule has 0 amide bonds. The van der Waals surface area contributed by atoms with Crippen LogP contribution in [0, 0.1) is 17.0 Å². The van der Waals surface area contributed by atoms with Crippen LogP contribution < -0.4 is 4.74 Å². The molecule has 0 bridgehead atoms. The van der Waals surface area contributed by atoms with E-state index in [-0.39, 0.29) is 11.4 Å². The maximum Gasteiger partial charge on any atom is 0.311 e. The van der Waals surface area contributed by atoms with Gasteiger partial charge in [-0.3, -0.25) is 15.2 Å². The summed E-state index contributed by atoms with van der Waals surface area (Å²) in [7, 11) is 1.41. The fourth-order valence-corrected chi connectivity index (χ4v) is 1.63. The van der Waals surface area contributed by atoms with Crippen molar-refractivity contribution in [1.29, 1.82) is 0 Å². The standard InChI is InChI=1S/C11H11N3O3/c1-7-6-12-13-11(7)8-3-4-10(17-2)9(5-8)14(15)16/h3-6H,1-2H3,(H,12,13). The van der Waals surface area contributed by atoms with E-state index in [1.807, 2.05) is 6.92 Å². The number of aromatic nitrogens is 2. The van der Waals surface area contributed by atoms with Crippen LogP contribution in [0.25, 0.3) is 11.3 Å². The van der Waals surface area contributed by atoms with E-state index in [1.54, 1.807) is 18.3 Å². The number of H-pyrrole nitrogens is 1. The summed E-state index contributed by atoms with van der Waals surface area (Å²) in [6.07, 6.45) is 1.67. The van der Waals surface area contributed by atoms with Crippen LogP contribution in [-0.4, -0.2) is 22.2 Å². The summed E-state index contributed by atoms with van der Waals surface area (Å²) >= 11 is 0. The highest BCUT2D eigenvalue weighted by Gasteiger charge is 2.16. The van der Waals surface area contributed by atoms with Crippen molar-refractivity contribution < 1.29 is 9.66 Å². The number of methoxy groups -OCH3 is 1. The Bertz CT molecular complexity index is 563. The van der Waals surface area contributed by atoms with E-state index in [9.17, 15) is 10.1 Å². The van der Waals surface area contributed by atoms with Crippen molar-refractivity contribution in [3.8, 4) is 17.0 Å². The largest absolute Gasteiger partial charge is 0.490 e. The zero-order valence-electron chi connectivity index (χ0n) is 9.43. The molecule has 1 heterocycles. The highest BCUT2D eigenvalue weighted by Crippen LogP contribution is 2.32. The van der Waals surface area contributed by atoms with Crippen LogP contribution in [0.1, 0.15) is 5.56 Å². The van der Waals surface area contributed by atoms with Gasteiger partial charge < -0.3 is 4.74 Å². The normalized spacial score (nSPS) is 10.2. The molecular formula is C11H11N3O3. The molecule has 6 heteroatoms. The third kappa shape index (κ3) is 1.96. The molecule has 0 atom stereocenters. The van der Waals surface area contributed by atoms with Crippen molar-refractivity contribution in [2.75, 3.05) is 7.11 Å². The summed E-state index contributed by atoms with van der Waals surface area (Å²) in [6.45, 7) is 1.88. The van der Waals surface area contributed by atoms with E-state index in [0.29, 0.717) is 5.56 Å². The summed E-state index contributed by atoms with van der Waals surface area (Å²) in [5.41, 5.74) is 2.37. The van der Waals surface area contributed by atoms with Crippen molar-refractivity contribution in [3.05, 3.63) is 40.1 Å². The number of nitrogens with zero attached hydrogens (tertiary/aromatic N) is 2. The molecule has 1 aromatic carbocycles. The minimum absolute atomic E-state index is 0.0565. The number of aromatic amines is 1. The number of aryl methyl sites for hydroxylation is 1. The van der Waals surface area contributed by atoms with Gasteiger partial charge in [0, 0.05) is 11.6 Å². The third-order valence-electron chi connectivity index (χ3n) is 2.49. The molecule has 0 fully saturated rings. The topological polar surface area (TPSA) is 81.0 Å². The second-order valence-electron chi connectivity index (χ2n) is 3.57. The molecule has 2 aromatic rings. The van der Waals surface area contributed by atoms with E-state index >= 15 is 0 Å². The van der Waals surface area contributed by atoms with Gasteiger partial charge in [-0.05, 0) is 24.6 Å². The number of hydrogen-bond acceptors (Lipinski definition) is 4. The van der Waals surface area contributed by atoms with E-state index in [4.69, 9.17) is 4.74 Å². The zero-order chi connectivity index (χ0) is 12.4. The van der Waals surface area contributed by atoms with Crippen LogP contribution in [0.4, 0.5) is 5.69 Å². The summed E-state index contributed by atoms with van der Waals surface area (Å²) < 4.78 is 4.94. The van der Waals surface area contributed by atoms with E-state index in [0.717, 1.165) is 11.3 Å². The first-order chi connectivity index (χ1) is 8.13. The molecule has 0 spiro atoms. The molecule has 1 N–H and O–H groups in total. The summed E-state index contributed by atoms with van der Waals surface area (Å²) in [5, 5.41) is 17.6. The van der Waals surface area contributed by atoms with Gasteiger partial charge in [-0.2, -0.15) is 5.10 Å². The van der Waals surface area contributed by atoms with Crippen molar-refractivity contribution in [3.63, 3.8) is 0 Å². The molecule has 0 radical (unpaired) electrons. The van der Waals surface area contributed by atoms with E-state index in [2.05, 4.69) is 10.2 Å². The fraction of sp³-hybridized carbons (Fsp3) is 0.182. The third-order valence-corrected chi connectivity index (χ3v) is 2.49. The number of nitro benzene ring substituents is 1. The van der Waals surface area contributed by atoms with Gasteiger partial charge in [-0.1, -0.05) is 0 Å².